The van der Waals surface area contributed by atoms with Gasteiger partial charge in [-0.1, -0.05) is 30.3 Å². The summed E-state index contributed by atoms with van der Waals surface area (Å²) in [5.74, 6) is 0.0127. The lowest BCUT2D eigenvalue weighted by Crippen LogP contribution is -2.27. The Morgan fingerprint density at radius 1 is 1.36 bits per heavy atom. The second-order valence-corrected chi connectivity index (χ2v) is 3.72. The van der Waals surface area contributed by atoms with Crippen LogP contribution in [-0.2, 0) is 0 Å². The molecular formula is C12H14N2. The minimum atomic E-state index is 0.0127. The molecule has 0 radical (unpaired) electrons. The summed E-state index contributed by atoms with van der Waals surface area (Å²) in [5, 5.41) is 12.5. The predicted molar refractivity (Wildman–Crippen MR) is 55.8 cm³/mol. The first kappa shape index (κ1) is 9.23. The lowest BCUT2D eigenvalue weighted by Gasteiger charge is -2.16. The molecule has 2 rings (SSSR count). The first-order valence-electron chi connectivity index (χ1n) is 5.10. The average molecular weight is 186 g/mol. The Morgan fingerprint density at radius 2 is 2.14 bits per heavy atom. The normalized spacial score (nSPS) is 22.9. The zero-order valence-electron chi connectivity index (χ0n) is 8.11. The Bertz CT molecular complexity index is 320. The van der Waals surface area contributed by atoms with E-state index < -0.39 is 0 Å². The van der Waals surface area contributed by atoms with Crippen LogP contribution in [0.25, 0.3) is 0 Å². The monoisotopic (exact) mass is 186 g/mol. The molecule has 14 heavy (non-hydrogen) atoms. The van der Waals surface area contributed by atoms with Crippen LogP contribution in [0.1, 0.15) is 24.3 Å². The van der Waals surface area contributed by atoms with Gasteiger partial charge in [-0.05, 0) is 24.9 Å². The highest BCUT2D eigenvalue weighted by Gasteiger charge is 2.25. The molecule has 1 aliphatic rings. The highest BCUT2D eigenvalue weighted by molar-refractivity contribution is 5.27. The van der Waals surface area contributed by atoms with E-state index in [0.29, 0.717) is 6.04 Å². The summed E-state index contributed by atoms with van der Waals surface area (Å²) in [6.45, 7) is 1.05. The summed E-state index contributed by atoms with van der Waals surface area (Å²) in [7, 11) is 0. The third-order valence-corrected chi connectivity index (χ3v) is 2.80. The molecule has 0 spiro atoms. The molecule has 0 amide bonds. The molecule has 1 N–H and O–H groups in total. The molecule has 2 heteroatoms. The fourth-order valence-electron chi connectivity index (χ4n) is 2.05. The zero-order chi connectivity index (χ0) is 9.80. The van der Waals surface area contributed by atoms with Crippen molar-refractivity contribution in [2.24, 2.45) is 0 Å². The summed E-state index contributed by atoms with van der Waals surface area (Å²) >= 11 is 0. The molecule has 1 aromatic rings. The molecule has 2 atom stereocenters. The van der Waals surface area contributed by atoms with Gasteiger partial charge in [0.15, 0.2) is 0 Å². The molecule has 1 aromatic carbocycles. The van der Waals surface area contributed by atoms with Crippen LogP contribution in [-0.4, -0.2) is 12.6 Å². The Labute approximate surface area is 84.6 Å². The number of nitrogens with zero attached hydrogens (tertiary/aromatic N) is 1. The minimum Gasteiger partial charge on any atom is -0.312 e. The summed E-state index contributed by atoms with van der Waals surface area (Å²) in [6, 6.07) is 12.8. The molecule has 0 bridgehead atoms. The van der Waals surface area contributed by atoms with Gasteiger partial charge >= 0.3 is 0 Å². The number of hydrogen-bond donors (Lipinski definition) is 1. The highest BCUT2D eigenvalue weighted by atomic mass is 14.9. The molecular weight excluding hydrogens is 172 g/mol. The van der Waals surface area contributed by atoms with E-state index >= 15 is 0 Å². The van der Waals surface area contributed by atoms with E-state index in [2.05, 4.69) is 11.4 Å². The van der Waals surface area contributed by atoms with Crippen molar-refractivity contribution >= 4 is 0 Å². The number of nitriles is 1. The largest absolute Gasteiger partial charge is 0.312 e. The van der Waals surface area contributed by atoms with Gasteiger partial charge in [0, 0.05) is 6.04 Å². The number of hydrogen-bond acceptors (Lipinski definition) is 2. The van der Waals surface area contributed by atoms with Crippen LogP contribution >= 0.6 is 0 Å². The van der Waals surface area contributed by atoms with Gasteiger partial charge in [-0.25, -0.2) is 0 Å². The standard InChI is InChI=1S/C12H14N2/c13-9-11(12-7-4-8-14-12)10-5-2-1-3-6-10/h1-3,5-6,11-12,14H,4,7-8H2. The molecule has 1 fully saturated rings. The van der Waals surface area contributed by atoms with Gasteiger partial charge in [0.2, 0.25) is 0 Å². The van der Waals surface area contributed by atoms with Gasteiger partial charge in [-0.3, -0.25) is 0 Å². The van der Waals surface area contributed by atoms with Gasteiger partial charge in [0.1, 0.15) is 0 Å². The SMILES string of the molecule is N#CC(c1ccccc1)C1CCCN1. The Morgan fingerprint density at radius 3 is 2.71 bits per heavy atom. The maximum absolute atomic E-state index is 9.15. The second kappa shape index (κ2) is 4.26. The van der Waals surface area contributed by atoms with Crippen molar-refractivity contribution in [2.75, 3.05) is 6.54 Å². The third-order valence-electron chi connectivity index (χ3n) is 2.80. The Balaban J connectivity index is 2.18. The first-order chi connectivity index (χ1) is 6.92. The van der Waals surface area contributed by atoms with E-state index in [4.69, 9.17) is 5.26 Å². The van der Waals surface area contributed by atoms with Gasteiger partial charge in [-0.2, -0.15) is 5.26 Å². The molecule has 1 heterocycles. The first-order valence-corrected chi connectivity index (χ1v) is 5.10. The van der Waals surface area contributed by atoms with Crippen LogP contribution in [0.2, 0.25) is 0 Å². The van der Waals surface area contributed by atoms with Crippen molar-refractivity contribution in [1.29, 1.82) is 5.26 Å². The van der Waals surface area contributed by atoms with Crippen LogP contribution in [0.3, 0.4) is 0 Å². The van der Waals surface area contributed by atoms with Crippen molar-refractivity contribution in [3.63, 3.8) is 0 Å². The molecule has 0 aromatic heterocycles. The van der Waals surface area contributed by atoms with Crippen LogP contribution in [0, 0.1) is 11.3 Å². The Hall–Kier alpha value is -1.33. The van der Waals surface area contributed by atoms with Gasteiger partial charge in [-0.15, -0.1) is 0 Å². The third kappa shape index (κ3) is 1.78. The lowest BCUT2D eigenvalue weighted by molar-refractivity contribution is 0.558. The topological polar surface area (TPSA) is 35.8 Å². The van der Waals surface area contributed by atoms with Crippen molar-refractivity contribution in [3.05, 3.63) is 35.9 Å². The fourth-order valence-corrected chi connectivity index (χ4v) is 2.05. The highest BCUT2D eigenvalue weighted by Crippen LogP contribution is 2.24. The van der Waals surface area contributed by atoms with Crippen LogP contribution < -0.4 is 5.32 Å². The maximum Gasteiger partial charge on any atom is 0.0865 e. The number of nitrogens with one attached hydrogen (secondary N) is 1. The molecule has 72 valence electrons. The lowest BCUT2D eigenvalue weighted by atomic mass is 9.92. The van der Waals surface area contributed by atoms with E-state index in [1.165, 1.54) is 6.42 Å². The summed E-state index contributed by atoms with van der Waals surface area (Å²) < 4.78 is 0. The Kier molecular flexibility index (Phi) is 2.81. The van der Waals surface area contributed by atoms with Crippen molar-refractivity contribution < 1.29 is 0 Å². The minimum absolute atomic E-state index is 0.0127. The summed E-state index contributed by atoms with van der Waals surface area (Å²) in [4.78, 5) is 0. The van der Waals surface area contributed by atoms with Gasteiger partial charge in [0.25, 0.3) is 0 Å². The van der Waals surface area contributed by atoms with Crippen molar-refractivity contribution in [1.82, 2.24) is 5.32 Å². The molecule has 0 aliphatic carbocycles. The molecule has 0 saturated carbocycles. The van der Waals surface area contributed by atoms with E-state index in [-0.39, 0.29) is 5.92 Å². The number of rotatable bonds is 2. The smallest absolute Gasteiger partial charge is 0.0865 e. The van der Waals surface area contributed by atoms with Crippen LogP contribution in [0.5, 0.6) is 0 Å². The molecule has 1 aliphatic heterocycles. The van der Waals surface area contributed by atoms with Crippen LogP contribution in [0.4, 0.5) is 0 Å². The fraction of sp³-hybridized carbons (Fsp3) is 0.417. The van der Waals surface area contributed by atoms with E-state index in [0.717, 1.165) is 18.5 Å². The molecule has 2 unspecified atom stereocenters. The quantitative estimate of drug-likeness (QED) is 0.767. The van der Waals surface area contributed by atoms with Crippen LogP contribution in [0.15, 0.2) is 30.3 Å². The van der Waals surface area contributed by atoms with E-state index in [1.807, 2.05) is 30.3 Å². The van der Waals surface area contributed by atoms with E-state index in [1.54, 1.807) is 0 Å². The average Bonchev–Trinajstić information content (AvgIpc) is 2.74. The van der Waals surface area contributed by atoms with E-state index in [9.17, 15) is 0 Å². The second-order valence-electron chi connectivity index (χ2n) is 3.72. The molecule has 1 saturated heterocycles. The van der Waals surface area contributed by atoms with Crippen molar-refractivity contribution in [2.45, 2.75) is 24.8 Å². The molecule has 2 nitrogen and oxygen atoms in total. The number of benzene rings is 1. The summed E-state index contributed by atoms with van der Waals surface area (Å²) in [6.07, 6.45) is 2.31. The van der Waals surface area contributed by atoms with Gasteiger partial charge < -0.3 is 5.32 Å². The summed E-state index contributed by atoms with van der Waals surface area (Å²) in [5.41, 5.74) is 1.13. The van der Waals surface area contributed by atoms with Crippen molar-refractivity contribution in [3.8, 4) is 6.07 Å². The van der Waals surface area contributed by atoms with Gasteiger partial charge in [0.05, 0.1) is 12.0 Å². The maximum atomic E-state index is 9.15. The zero-order valence-corrected chi connectivity index (χ0v) is 8.11. The predicted octanol–water partition coefficient (Wildman–Crippen LogP) is 2.05.